The summed E-state index contributed by atoms with van der Waals surface area (Å²) in [5.41, 5.74) is 6.58. The molecule has 1 aromatic carbocycles. The molecule has 0 atom stereocenters. The van der Waals surface area contributed by atoms with Crippen molar-refractivity contribution in [1.82, 2.24) is 0 Å². The Kier molecular flexibility index (Phi) is 4.42. The Hall–Kier alpha value is -1.23. The summed E-state index contributed by atoms with van der Waals surface area (Å²) in [5.74, 6) is -0.121. The second kappa shape index (κ2) is 5.60. The van der Waals surface area contributed by atoms with Gasteiger partial charge < -0.3 is 15.2 Å². The summed E-state index contributed by atoms with van der Waals surface area (Å²) in [6.45, 7) is -0.0167. The third-order valence-corrected chi connectivity index (χ3v) is 2.13. The van der Waals surface area contributed by atoms with Gasteiger partial charge in [-0.05, 0) is 0 Å². The number of benzene rings is 1. The van der Waals surface area contributed by atoms with Gasteiger partial charge in [-0.25, -0.2) is 0 Å². The number of nitrogens with two attached hydrogens (primary N) is 1. The van der Waals surface area contributed by atoms with Gasteiger partial charge in [-0.15, -0.1) is 0 Å². The maximum absolute atomic E-state index is 11.5. The molecule has 0 aliphatic rings. The smallest absolute Gasteiger partial charge is 0.183 e. The van der Waals surface area contributed by atoms with E-state index in [1.54, 1.807) is 18.2 Å². The quantitative estimate of drug-likeness (QED) is 0.583. The zero-order valence-corrected chi connectivity index (χ0v) is 8.90. The summed E-state index contributed by atoms with van der Waals surface area (Å²) in [6.07, 6.45) is -0.531. The van der Waals surface area contributed by atoms with Crippen LogP contribution in [0.15, 0.2) is 24.3 Å². The third kappa shape index (κ3) is 2.62. The van der Waals surface area contributed by atoms with E-state index >= 15 is 0 Å². The molecule has 1 aromatic rings. The summed E-state index contributed by atoms with van der Waals surface area (Å²) < 4.78 is 10.2. The van der Waals surface area contributed by atoms with Crippen LogP contribution in [0.1, 0.15) is 22.2 Å². The number of ketones is 1. The molecule has 0 radical (unpaired) electrons. The average molecular weight is 209 g/mol. The minimum absolute atomic E-state index is 0.0167. The molecule has 0 bridgehead atoms. The summed E-state index contributed by atoms with van der Waals surface area (Å²) >= 11 is 0. The normalized spacial score (nSPS) is 10.7. The van der Waals surface area contributed by atoms with E-state index in [0.717, 1.165) is 0 Å². The third-order valence-electron chi connectivity index (χ3n) is 2.13. The molecule has 0 heterocycles. The number of hydrogen-bond donors (Lipinski definition) is 1. The zero-order valence-electron chi connectivity index (χ0n) is 8.90. The fourth-order valence-corrected chi connectivity index (χ4v) is 1.42. The van der Waals surface area contributed by atoms with Gasteiger partial charge in [0.05, 0.1) is 6.54 Å². The van der Waals surface area contributed by atoms with Crippen LogP contribution in [-0.4, -0.2) is 26.5 Å². The van der Waals surface area contributed by atoms with Crippen LogP contribution >= 0.6 is 0 Å². The highest BCUT2D eigenvalue weighted by molar-refractivity contribution is 5.98. The van der Waals surface area contributed by atoms with Crippen LogP contribution in [-0.2, 0) is 9.47 Å². The Balaban J connectivity index is 3.10. The number of Topliss-reactive ketones (excluding diaryl/α,β-unsaturated/α-hetero) is 1. The molecule has 82 valence electrons. The van der Waals surface area contributed by atoms with Gasteiger partial charge in [0.25, 0.3) is 0 Å². The van der Waals surface area contributed by atoms with Gasteiger partial charge in [0.2, 0.25) is 0 Å². The molecule has 2 N–H and O–H groups in total. The Bertz CT molecular complexity index is 334. The molecule has 15 heavy (non-hydrogen) atoms. The lowest BCUT2D eigenvalue weighted by Crippen LogP contribution is -2.17. The van der Waals surface area contributed by atoms with Crippen LogP contribution in [0.25, 0.3) is 0 Å². The standard InChI is InChI=1S/C11H15NO3/c1-14-11(15-2)9-6-4-3-5-8(9)10(13)7-12/h3-6,11H,7,12H2,1-2H3. The molecule has 0 saturated heterocycles. The molecular weight excluding hydrogens is 194 g/mol. The van der Waals surface area contributed by atoms with E-state index in [2.05, 4.69) is 0 Å². The summed E-state index contributed by atoms with van der Waals surface area (Å²) in [4.78, 5) is 11.5. The monoisotopic (exact) mass is 209 g/mol. The van der Waals surface area contributed by atoms with Crippen molar-refractivity contribution in [2.45, 2.75) is 6.29 Å². The van der Waals surface area contributed by atoms with Gasteiger partial charge in [-0.1, -0.05) is 24.3 Å². The van der Waals surface area contributed by atoms with Crippen molar-refractivity contribution in [1.29, 1.82) is 0 Å². The summed E-state index contributed by atoms with van der Waals surface area (Å²) in [6, 6.07) is 7.12. The fourth-order valence-electron chi connectivity index (χ4n) is 1.42. The van der Waals surface area contributed by atoms with Crippen molar-refractivity contribution >= 4 is 5.78 Å². The first-order valence-corrected chi connectivity index (χ1v) is 4.62. The van der Waals surface area contributed by atoms with E-state index in [-0.39, 0.29) is 12.3 Å². The van der Waals surface area contributed by atoms with Crippen molar-refractivity contribution in [3.05, 3.63) is 35.4 Å². The number of methoxy groups -OCH3 is 2. The summed E-state index contributed by atoms with van der Waals surface area (Å²) in [7, 11) is 3.05. The van der Waals surface area contributed by atoms with E-state index in [0.29, 0.717) is 11.1 Å². The molecule has 0 amide bonds. The maximum Gasteiger partial charge on any atom is 0.183 e. The first-order chi connectivity index (χ1) is 7.24. The molecule has 0 spiro atoms. The lowest BCUT2D eigenvalue weighted by atomic mass is 10.0. The highest BCUT2D eigenvalue weighted by Gasteiger charge is 2.16. The van der Waals surface area contributed by atoms with Gasteiger partial charge >= 0.3 is 0 Å². The number of rotatable bonds is 5. The molecule has 4 heteroatoms. The van der Waals surface area contributed by atoms with Crippen LogP contribution in [0.5, 0.6) is 0 Å². The fraction of sp³-hybridized carbons (Fsp3) is 0.364. The van der Waals surface area contributed by atoms with Gasteiger partial charge in [-0.3, -0.25) is 4.79 Å². The molecule has 0 aliphatic heterocycles. The van der Waals surface area contributed by atoms with Gasteiger partial charge in [0.15, 0.2) is 12.1 Å². The van der Waals surface area contributed by atoms with Gasteiger partial charge in [0.1, 0.15) is 0 Å². The van der Waals surface area contributed by atoms with E-state index in [4.69, 9.17) is 15.2 Å². The predicted octanol–water partition coefficient (Wildman–Crippen LogP) is 1.12. The highest BCUT2D eigenvalue weighted by atomic mass is 16.7. The van der Waals surface area contributed by atoms with Crippen LogP contribution < -0.4 is 5.73 Å². The second-order valence-corrected chi connectivity index (χ2v) is 3.02. The van der Waals surface area contributed by atoms with E-state index in [1.807, 2.05) is 6.07 Å². The van der Waals surface area contributed by atoms with Crippen molar-refractivity contribution in [2.24, 2.45) is 5.73 Å². The van der Waals surface area contributed by atoms with E-state index in [1.165, 1.54) is 14.2 Å². The molecule has 0 aliphatic carbocycles. The van der Waals surface area contributed by atoms with Crippen molar-refractivity contribution in [2.75, 3.05) is 20.8 Å². The Labute approximate surface area is 89.0 Å². The molecule has 4 nitrogen and oxygen atoms in total. The van der Waals surface area contributed by atoms with E-state index in [9.17, 15) is 4.79 Å². The number of carbonyl (C=O) groups excluding carboxylic acids is 1. The van der Waals surface area contributed by atoms with Crippen molar-refractivity contribution in [3.8, 4) is 0 Å². The van der Waals surface area contributed by atoms with Crippen LogP contribution in [0.3, 0.4) is 0 Å². The highest BCUT2D eigenvalue weighted by Crippen LogP contribution is 2.21. The molecule has 1 rings (SSSR count). The number of hydrogen-bond acceptors (Lipinski definition) is 4. The van der Waals surface area contributed by atoms with Crippen molar-refractivity contribution in [3.63, 3.8) is 0 Å². The predicted molar refractivity (Wildman–Crippen MR) is 56.6 cm³/mol. The first-order valence-electron chi connectivity index (χ1n) is 4.62. The summed E-state index contributed by atoms with van der Waals surface area (Å²) in [5, 5.41) is 0. The lowest BCUT2D eigenvalue weighted by Gasteiger charge is -2.16. The van der Waals surface area contributed by atoms with Crippen LogP contribution in [0.4, 0.5) is 0 Å². The zero-order chi connectivity index (χ0) is 11.3. The largest absolute Gasteiger partial charge is 0.352 e. The second-order valence-electron chi connectivity index (χ2n) is 3.02. The number of carbonyl (C=O) groups is 1. The van der Waals surface area contributed by atoms with Crippen molar-refractivity contribution < 1.29 is 14.3 Å². The first kappa shape index (κ1) is 11.8. The van der Waals surface area contributed by atoms with Gasteiger partial charge in [-0.2, -0.15) is 0 Å². The Morgan fingerprint density at radius 3 is 2.47 bits per heavy atom. The Morgan fingerprint density at radius 2 is 1.93 bits per heavy atom. The molecule has 0 fully saturated rings. The lowest BCUT2D eigenvalue weighted by molar-refractivity contribution is -0.106. The van der Waals surface area contributed by atoms with Gasteiger partial charge in [0, 0.05) is 25.3 Å². The molecule has 0 saturated carbocycles. The average Bonchev–Trinajstić information content (AvgIpc) is 2.30. The SMILES string of the molecule is COC(OC)c1ccccc1C(=O)CN. The number of ether oxygens (including phenoxy) is 2. The maximum atomic E-state index is 11.5. The Morgan fingerprint density at radius 1 is 1.33 bits per heavy atom. The topological polar surface area (TPSA) is 61.5 Å². The minimum Gasteiger partial charge on any atom is -0.352 e. The van der Waals surface area contributed by atoms with Crippen LogP contribution in [0.2, 0.25) is 0 Å². The molecular formula is C11H15NO3. The van der Waals surface area contributed by atoms with E-state index < -0.39 is 6.29 Å². The minimum atomic E-state index is -0.531. The van der Waals surface area contributed by atoms with Crippen LogP contribution in [0, 0.1) is 0 Å². The molecule has 0 unspecified atom stereocenters. The molecule has 0 aromatic heterocycles.